The molecule has 7 heteroatoms. The Morgan fingerprint density at radius 2 is 1.89 bits per heavy atom. The number of aliphatic hydroxyl groups excluding tert-OH is 1. The normalized spacial score (nSPS) is 16.4. The van der Waals surface area contributed by atoms with Crippen molar-refractivity contribution in [2.75, 3.05) is 23.3 Å². The van der Waals surface area contributed by atoms with E-state index >= 15 is 0 Å². The quantitative estimate of drug-likeness (QED) is 0.810. The van der Waals surface area contributed by atoms with Crippen LogP contribution >= 0.6 is 0 Å². The van der Waals surface area contributed by atoms with E-state index in [1.54, 1.807) is 6.07 Å². The molecule has 146 valence electrons. The van der Waals surface area contributed by atoms with Crippen molar-refractivity contribution >= 4 is 11.6 Å². The van der Waals surface area contributed by atoms with Crippen molar-refractivity contribution in [3.05, 3.63) is 41.0 Å². The number of aromatic nitrogens is 3. The summed E-state index contributed by atoms with van der Waals surface area (Å²) in [5.74, 6) is 0.190. The van der Waals surface area contributed by atoms with Gasteiger partial charge in [0.15, 0.2) is 0 Å². The number of hydrogen-bond donors (Lipinski definition) is 2. The molecule has 1 aromatic heterocycles. The van der Waals surface area contributed by atoms with Crippen LogP contribution in [0.25, 0.3) is 0 Å². The average molecular weight is 373 g/mol. The molecule has 2 N–H and O–H groups in total. The highest BCUT2D eigenvalue weighted by Gasteiger charge is 2.22. The molecule has 1 saturated heterocycles. The second-order valence-electron chi connectivity index (χ2n) is 7.02. The van der Waals surface area contributed by atoms with Crippen molar-refractivity contribution in [3.8, 4) is 0 Å². The maximum absolute atomic E-state index is 14.0. The van der Waals surface area contributed by atoms with Crippen molar-refractivity contribution in [2.45, 2.75) is 58.6 Å². The number of halogens is 1. The number of aliphatic hydroxyl groups is 1. The lowest BCUT2D eigenvalue weighted by Gasteiger charge is -2.34. The third-order valence-corrected chi connectivity index (χ3v) is 5.12. The Bertz CT molecular complexity index is 777. The summed E-state index contributed by atoms with van der Waals surface area (Å²) in [5.41, 5.74) is 3.69. The minimum Gasteiger partial charge on any atom is -0.393 e. The van der Waals surface area contributed by atoms with E-state index in [0.717, 1.165) is 61.4 Å². The first kappa shape index (κ1) is 19.5. The molecule has 0 radical (unpaired) electrons. The summed E-state index contributed by atoms with van der Waals surface area (Å²) in [6, 6.07) is 4.69. The molecule has 0 saturated carbocycles. The number of hydrogen-bond acceptors (Lipinski definition) is 6. The molecule has 3 rings (SSSR count). The van der Waals surface area contributed by atoms with Crippen LogP contribution in [-0.2, 0) is 12.8 Å². The minimum absolute atomic E-state index is 0.179. The van der Waals surface area contributed by atoms with Gasteiger partial charge in [0, 0.05) is 24.3 Å². The Morgan fingerprint density at radius 3 is 2.56 bits per heavy atom. The van der Waals surface area contributed by atoms with Gasteiger partial charge in [-0.25, -0.2) is 9.37 Å². The fourth-order valence-electron chi connectivity index (χ4n) is 3.54. The van der Waals surface area contributed by atoms with Crippen LogP contribution in [0.4, 0.5) is 16.0 Å². The van der Waals surface area contributed by atoms with Crippen LogP contribution in [0, 0.1) is 5.82 Å². The summed E-state index contributed by atoms with van der Waals surface area (Å²) in [7, 11) is 0. The zero-order chi connectivity index (χ0) is 19.4. The molecule has 0 aliphatic carbocycles. The number of nitrogens with one attached hydrogen (secondary N) is 1. The first-order chi connectivity index (χ1) is 13.0. The Morgan fingerprint density at radius 1 is 1.19 bits per heavy atom. The molecule has 6 nitrogen and oxygen atoms in total. The summed E-state index contributed by atoms with van der Waals surface area (Å²) in [6.45, 7) is 7.58. The molecule has 1 unspecified atom stereocenters. The number of aryl methyl sites for hydroxylation is 2. The lowest BCUT2D eigenvalue weighted by Crippen LogP contribution is -2.36. The maximum Gasteiger partial charge on any atom is 0.243 e. The Hall–Kier alpha value is -2.28. The van der Waals surface area contributed by atoms with Gasteiger partial charge in [0.05, 0.1) is 23.5 Å². The van der Waals surface area contributed by atoms with Gasteiger partial charge in [-0.15, -0.1) is 5.10 Å². The Balaban J connectivity index is 1.84. The fraction of sp³-hybridized carbons (Fsp3) is 0.550. The van der Waals surface area contributed by atoms with Crippen LogP contribution in [0.3, 0.4) is 0 Å². The highest BCUT2D eigenvalue weighted by Crippen LogP contribution is 2.31. The summed E-state index contributed by atoms with van der Waals surface area (Å²) in [5, 5.41) is 21.5. The van der Waals surface area contributed by atoms with Crippen LogP contribution in [0.15, 0.2) is 18.2 Å². The Kier molecular flexibility index (Phi) is 6.21. The van der Waals surface area contributed by atoms with Crippen molar-refractivity contribution in [1.29, 1.82) is 0 Å². The van der Waals surface area contributed by atoms with Crippen molar-refractivity contribution < 1.29 is 9.50 Å². The molecule has 2 heterocycles. The maximum atomic E-state index is 14.0. The van der Waals surface area contributed by atoms with Gasteiger partial charge in [-0.05, 0) is 50.8 Å². The summed E-state index contributed by atoms with van der Waals surface area (Å²) in [4.78, 5) is 6.78. The highest BCUT2D eigenvalue weighted by molar-refractivity contribution is 5.57. The standard InChI is InChI=1S/C20H28FN5O/c1-4-17-18(5-2)24-25-20(23-17)22-13(3)16-12-14(21)6-7-19(16)26-10-8-15(27)9-11-26/h6-7,12-13,15,27H,4-5,8-11H2,1-3H3,(H,22,23,25). The summed E-state index contributed by atoms with van der Waals surface area (Å²) in [6.07, 6.45) is 2.80. The van der Waals surface area contributed by atoms with Crippen LogP contribution in [0.2, 0.25) is 0 Å². The van der Waals surface area contributed by atoms with Crippen molar-refractivity contribution in [1.82, 2.24) is 15.2 Å². The minimum atomic E-state index is -0.269. The molecule has 1 aliphatic rings. The predicted octanol–water partition coefficient (Wildman–Crippen LogP) is 3.27. The van der Waals surface area contributed by atoms with Gasteiger partial charge in [0.25, 0.3) is 0 Å². The number of anilines is 2. The third-order valence-electron chi connectivity index (χ3n) is 5.12. The Labute approximate surface area is 159 Å². The largest absolute Gasteiger partial charge is 0.393 e. The summed E-state index contributed by atoms with van der Waals surface area (Å²) >= 11 is 0. The number of nitrogens with zero attached hydrogens (tertiary/aromatic N) is 4. The van der Waals surface area contributed by atoms with E-state index in [1.807, 2.05) is 26.8 Å². The topological polar surface area (TPSA) is 74.2 Å². The lowest BCUT2D eigenvalue weighted by atomic mass is 10.0. The van der Waals surface area contributed by atoms with Gasteiger partial charge in [-0.1, -0.05) is 13.8 Å². The van der Waals surface area contributed by atoms with E-state index in [9.17, 15) is 9.50 Å². The van der Waals surface area contributed by atoms with E-state index in [4.69, 9.17) is 0 Å². The first-order valence-corrected chi connectivity index (χ1v) is 9.73. The molecule has 0 amide bonds. The van der Waals surface area contributed by atoms with Crippen molar-refractivity contribution in [3.63, 3.8) is 0 Å². The molecule has 0 bridgehead atoms. The number of rotatable bonds is 6. The van der Waals surface area contributed by atoms with Gasteiger partial charge in [-0.2, -0.15) is 5.10 Å². The molecule has 0 spiro atoms. The smallest absolute Gasteiger partial charge is 0.243 e. The molecule has 1 atom stereocenters. The molecule has 2 aromatic rings. The first-order valence-electron chi connectivity index (χ1n) is 9.73. The zero-order valence-corrected chi connectivity index (χ0v) is 16.2. The second-order valence-corrected chi connectivity index (χ2v) is 7.02. The van der Waals surface area contributed by atoms with E-state index in [0.29, 0.717) is 5.95 Å². The highest BCUT2D eigenvalue weighted by atomic mass is 19.1. The molecular formula is C20H28FN5O. The monoisotopic (exact) mass is 373 g/mol. The molecular weight excluding hydrogens is 345 g/mol. The molecule has 1 fully saturated rings. The molecule has 1 aromatic carbocycles. The SMILES string of the molecule is CCc1nnc(NC(C)c2cc(F)ccc2N2CCC(O)CC2)nc1CC. The van der Waals surface area contributed by atoms with Gasteiger partial charge in [0.2, 0.25) is 5.95 Å². The van der Waals surface area contributed by atoms with Crippen LogP contribution < -0.4 is 10.2 Å². The van der Waals surface area contributed by atoms with Crippen molar-refractivity contribution in [2.24, 2.45) is 0 Å². The third kappa shape index (κ3) is 4.53. The van der Waals surface area contributed by atoms with Crippen LogP contribution in [0.1, 0.15) is 56.6 Å². The number of piperidine rings is 1. The van der Waals surface area contributed by atoms with E-state index < -0.39 is 0 Å². The molecule has 1 aliphatic heterocycles. The van der Waals surface area contributed by atoms with E-state index in [2.05, 4.69) is 25.4 Å². The molecule has 27 heavy (non-hydrogen) atoms. The van der Waals surface area contributed by atoms with Gasteiger partial charge < -0.3 is 15.3 Å². The fourth-order valence-corrected chi connectivity index (χ4v) is 3.54. The van der Waals surface area contributed by atoms with Crippen LogP contribution in [-0.4, -0.2) is 39.5 Å². The zero-order valence-electron chi connectivity index (χ0n) is 16.2. The van der Waals surface area contributed by atoms with Gasteiger partial charge >= 0.3 is 0 Å². The van der Waals surface area contributed by atoms with Gasteiger partial charge in [0.1, 0.15) is 5.82 Å². The van der Waals surface area contributed by atoms with E-state index in [1.165, 1.54) is 6.07 Å². The van der Waals surface area contributed by atoms with Gasteiger partial charge in [-0.3, -0.25) is 0 Å². The predicted molar refractivity (Wildman–Crippen MR) is 104 cm³/mol. The van der Waals surface area contributed by atoms with Crippen LogP contribution in [0.5, 0.6) is 0 Å². The van der Waals surface area contributed by atoms with E-state index in [-0.39, 0.29) is 18.0 Å². The second kappa shape index (κ2) is 8.61. The lowest BCUT2D eigenvalue weighted by molar-refractivity contribution is 0.145. The summed E-state index contributed by atoms with van der Waals surface area (Å²) < 4.78 is 14.0. The number of benzene rings is 1. The average Bonchev–Trinajstić information content (AvgIpc) is 2.68.